The summed E-state index contributed by atoms with van der Waals surface area (Å²) in [6.07, 6.45) is -0.224. The van der Waals surface area contributed by atoms with Crippen molar-refractivity contribution in [2.75, 3.05) is 18.9 Å². The average Bonchev–Trinajstić information content (AvgIpc) is 2.31. The van der Waals surface area contributed by atoms with Gasteiger partial charge >= 0.3 is 11.9 Å². The normalized spacial score (nSPS) is 9.83. The van der Waals surface area contributed by atoms with E-state index in [0.717, 1.165) is 0 Å². The van der Waals surface area contributed by atoms with Gasteiger partial charge in [0.05, 0.1) is 24.3 Å². The van der Waals surface area contributed by atoms with Crippen LogP contribution in [0.15, 0.2) is 18.2 Å². The molecule has 1 aromatic rings. The van der Waals surface area contributed by atoms with E-state index in [4.69, 9.17) is 20.3 Å². The highest BCUT2D eigenvalue weighted by Gasteiger charge is 2.10. The van der Waals surface area contributed by atoms with Gasteiger partial charge in [0.25, 0.3) is 0 Å². The lowest BCUT2D eigenvalue weighted by atomic mass is 10.2. The second kappa shape index (κ2) is 6.48. The Labute approximate surface area is 104 Å². The predicted molar refractivity (Wildman–Crippen MR) is 64.6 cm³/mol. The molecule has 0 saturated heterocycles. The Hall–Kier alpha value is -2.24. The number of nitrogens with two attached hydrogens (primary N) is 1. The van der Waals surface area contributed by atoms with Crippen molar-refractivity contribution >= 4 is 17.6 Å². The van der Waals surface area contributed by atoms with Crippen LogP contribution < -0.4 is 10.5 Å². The maximum atomic E-state index is 11.5. The molecule has 0 aliphatic carbocycles. The quantitative estimate of drug-likeness (QED) is 0.585. The SMILES string of the molecule is CCOc1ccc(C(=O)OCCC(=O)O)cc1N. The molecular weight excluding hydrogens is 238 g/mol. The number of benzene rings is 1. The number of nitrogen functional groups attached to an aromatic ring is 1. The molecule has 6 heteroatoms. The number of carbonyl (C=O) groups is 2. The molecule has 0 spiro atoms. The van der Waals surface area contributed by atoms with Gasteiger partial charge in [0.2, 0.25) is 0 Å². The molecule has 0 fully saturated rings. The first kappa shape index (κ1) is 13.8. The number of carboxylic acid groups (broad SMARTS) is 1. The van der Waals surface area contributed by atoms with Crippen molar-refractivity contribution in [3.8, 4) is 5.75 Å². The molecule has 0 amide bonds. The predicted octanol–water partition coefficient (Wildman–Crippen LogP) is 1.30. The topological polar surface area (TPSA) is 98.8 Å². The van der Waals surface area contributed by atoms with Crippen LogP contribution in [0, 0.1) is 0 Å². The highest BCUT2D eigenvalue weighted by molar-refractivity contribution is 5.91. The van der Waals surface area contributed by atoms with E-state index < -0.39 is 11.9 Å². The van der Waals surface area contributed by atoms with E-state index in [1.54, 1.807) is 6.07 Å². The Kier molecular flexibility index (Phi) is 4.98. The van der Waals surface area contributed by atoms with Gasteiger partial charge < -0.3 is 20.3 Å². The van der Waals surface area contributed by atoms with Crippen molar-refractivity contribution in [2.24, 2.45) is 0 Å². The molecule has 0 unspecified atom stereocenters. The van der Waals surface area contributed by atoms with Crippen LogP contribution >= 0.6 is 0 Å². The first-order chi connectivity index (χ1) is 8.54. The fourth-order valence-corrected chi connectivity index (χ4v) is 1.28. The Morgan fingerprint density at radius 1 is 1.39 bits per heavy atom. The van der Waals surface area contributed by atoms with Gasteiger partial charge in [-0.1, -0.05) is 0 Å². The van der Waals surface area contributed by atoms with Crippen LogP contribution in [0.2, 0.25) is 0 Å². The average molecular weight is 253 g/mol. The van der Waals surface area contributed by atoms with Crippen LogP contribution in [-0.4, -0.2) is 30.3 Å². The summed E-state index contributed by atoms with van der Waals surface area (Å²) in [6.45, 7) is 2.14. The summed E-state index contributed by atoms with van der Waals surface area (Å²) in [5, 5.41) is 8.41. The van der Waals surface area contributed by atoms with Gasteiger partial charge in [0.15, 0.2) is 0 Å². The molecule has 0 saturated carbocycles. The highest BCUT2D eigenvalue weighted by atomic mass is 16.5. The fourth-order valence-electron chi connectivity index (χ4n) is 1.28. The Bertz CT molecular complexity index is 444. The highest BCUT2D eigenvalue weighted by Crippen LogP contribution is 2.22. The van der Waals surface area contributed by atoms with E-state index >= 15 is 0 Å². The number of anilines is 1. The van der Waals surface area contributed by atoms with Crippen LogP contribution in [0.25, 0.3) is 0 Å². The minimum Gasteiger partial charge on any atom is -0.492 e. The van der Waals surface area contributed by atoms with Crippen LogP contribution in [0.5, 0.6) is 5.75 Å². The van der Waals surface area contributed by atoms with Gasteiger partial charge in [-0.25, -0.2) is 4.79 Å². The number of carboxylic acids is 1. The molecule has 6 nitrogen and oxygen atoms in total. The van der Waals surface area contributed by atoms with Crippen molar-refractivity contribution in [2.45, 2.75) is 13.3 Å². The second-order valence-electron chi connectivity index (χ2n) is 3.47. The van der Waals surface area contributed by atoms with E-state index in [-0.39, 0.29) is 18.6 Å². The molecule has 0 aliphatic rings. The van der Waals surface area contributed by atoms with Crippen molar-refractivity contribution in [3.63, 3.8) is 0 Å². The minimum absolute atomic E-state index is 0.165. The largest absolute Gasteiger partial charge is 0.492 e. The third-order valence-corrected chi connectivity index (χ3v) is 2.09. The van der Waals surface area contributed by atoms with Crippen LogP contribution in [0.1, 0.15) is 23.7 Å². The summed E-state index contributed by atoms with van der Waals surface area (Å²) < 4.78 is 10.0. The van der Waals surface area contributed by atoms with Crippen LogP contribution in [0.4, 0.5) is 5.69 Å². The zero-order valence-corrected chi connectivity index (χ0v) is 10.0. The van der Waals surface area contributed by atoms with Gasteiger partial charge in [-0.05, 0) is 25.1 Å². The molecule has 0 radical (unpaired) electrons. The maximum absolute atomic E-state index is 11.5. The first-order valence-corrected chi connectivity index (χ1v) is 5.45. The summed E-state index contributed by atoms with van der Waals surface area (Å²) in [4.78, 5) is 21.8. The summed E-state index contributed by atoms with van der Waals surface area (Å²) in [5.74, 6) is -1.13. The number of esters is 1. The summed E-state index contributed by atoms with van der Waals surface area (Å²) in [5.41, 5.74) is 6.30. The van der Waals surface area contributed by atoms with Gasteiger partial charge in [0, 0.05) is 0 Å². The Morgan fingerprint density at radius 3 is 2.67 bits per heavy atom. The van der Waals surface area contributed by atoms with Gasteiger partial charge in [-0.3, -0.25) is 4.79 Å². The standard InChI is InChI=1S/C12H15NO5/c1-2-17-10-4-3-8(7-9(10)13)12(16)18-6-5-11(14)15/h3-4,7H,2,5-6,13H2,1H3,(H,14,15). The lowest BCUT2D eigenvalue weighted by Gasteiger charge is -2.08. The lowest BCUT2D eigenvalue weighted by Crippen LogP contribution is -2.10. The molecule has 1 rings (SSSR count). The zero-order valence-electron chi connectivity index (χ0n) is 10.0. The number of carbonyl (C=O) groups excluding carboxylic acids is 1. The molecule has 0 bridgehead atoms. The van der Waals surface area contributed by atoms with Crippen molar-refractivity contribution < 1.29 is 24.2 Å². The van der Waals surface area contributed by atoms with Crippen molar-refractivity contribution in [3.05, 3.63) is 23.8 Å². The molecule has 0 atom stereocenters. The smallest absolute Gasteiger partial charge is 0.338 e. The maximum Gasteiger partial charge on any atom is 0.338 e. The number of ether oxygens (including phenoxy) is 2. The third-order valence-electron chi connectivity index (χ3n) is 2.09. The van der Waals surface area contributed by atoms with E-state index in [1.165, 1.54) is 12.1 Å². The summed E-state index contributed by atoms with van der Waals surface area (Å²) in [6, 6.07) is 4.53. The van der Waals surface area contributed by atoms with E-state index in [9.17, 15) is 9.59 Å². The van der Waals surface area contributed by atoms with Gasteiger partial charge in [-0.15, -0.1) is 0 Å². The molecule has 0 aromatic heterocycles. The number of aliphatic carboxylic acids is 1. The zero-order chi connectivity index (χ0) is 13.5. The van der Waals surface area contributed by atoms with Crippen molar-refractivity contribution in [1.29, 1.82) is 0 Å². The Morgan fingerprint density at radius 2 is 2.11 bits per heavy atom. The number of hydrogen-bond acceptors (Lipinski definition) is 5. The van der Waals surface area contributed by atoms with Crippen LogP contribution in [0.3, 0.4) is 0 Å². The molecule has 98 valence electrons. The first-order valence-electron chi connectivity index (χ1n) is 5.45. The van der Waals surface area contributed by atoms with E-state index in [1.807, 2.05) is 6.92 Å². The van der Waals surface area contributed by atoms with E-state index in [2.05, 4.69) is 0 Å². The molecule has 3 N–H and O–H groups in total. The Balaban J connectivity index is 2.63. The second-order valence-corrected chi connectivity index (χ2v) is 3.47. The van der Waals surface area contributed by atoms with Gasteiger partial charge in [0.1, 0.15) is 12.4 Å². The molecular formula is C12H15NO5. The lowest BCUT2D eigenvalue weighted by molar-refractivity contribution is -0.137. The molecule has 18 heavy (non-hydrogen) atoms. The summed E-state index contributed by atoms with van der Waals surface area (Å²) >= 11 is 0. The minimum atomic E-state index is -1.02. The van der Waals surface area contributed by atoms with Crippen LogP contribution in [-0.2, 0) is 9.53 Å². The monoisotopic (exact) mass is 253 g/mol. The number of rotatable bonds is 6. The van der Waals surface area contributed by atoms with E-state index in [0.29, 0.717) is 18.0 Å². The number of hydrogen-bond donors (Lipinski definition) is 2. The molecule has 1 aromatic carbocycles. The molecule has 0 aliphatic heterocycles. The molecule has 0 heterocycles. The summed E-state index contributed by atoms with van der Waals surface area (Å²) in [7, 11) is 0. The fraction of sp³-hybridized carbons (Fsp3) is 0.333. The van der Waals surface area contributed by atoms with Gasteiger partial charge in [-0.2, -0.15) is 0 Å². The van der Waals surface area contributed by atoms with Crippen molar-refractivity contribution in [1.82, 2.24) is 0 Å². The third kappa shape index (κ3) is 3.97.